The van der Waals surface area contributed by atoms with Crippen LogP contribution in [0, 0.1) is 6.92 Å². The van der Waals surface area contributed by atoms with Gasteiger partial charge in [-0.3, -0.25) is 4.21 Å². The van der Waals surface area contributed by atoms with Crippen molar-refractivity contribution in [3.63, 3.8) is 0 Å². The molecule has 0 aliphatic carbocycles. The summed E-state index contributed by atoms with van der Waals surface area (Å²) in [5, 5.41) is 5.03. The molecule has 5 rings (SSSR count). The smallest absolute Gasteiger partial charge is 0.303 e. The van der Waals surface area contributed by atoms with Crippen molar-refractivity contribution in [2.24, 2.45) is 0 Å². The molecule has 5 nitrogen and oxygen atoms in total. The lowest BCUT2D eigenvalue weighted by molar-refractivity contribution is -0.141. The number of nitrogens with zero attached hydrogens (tertiary/aromatic N) is 4. The summed E-state index contributed by atoms with van der Waals surface area (Å²) in [4.78, 5) is 4.43. The maximum absolute atomic E-state index is 13.5. The van der Waals surface area contributed by atoms with E-state index in [0.717, 1.165) is 23.0 Å². The predicted octanol–water partition coefficient (Wildman–Crippen LogP) is 7.11. The molecule has 0 aliphatic heterocycles. The van der Waals surface area contributed by atoms with Crippen LogP contribution in [-0.2, 0) is 17.0 Å². The van der Waals surface area contributed by atoms with E-state index < -0.39 is 22.7 Å². The Morgan fingerprint density at radius 3 is 2.35 bits per heavy atom. The number of hydrogen-bond acceptors (Lipinski definition) is 3. The molecule has 0 bridgehead atoms. The molecule has 0 saturated heterocycles. The fraction of sp³-hybridized carbons (Fsp3) is 0.111. The third kappa shape index (κ3) is 4.97. The quantitative estimate of drug-likeness (QED) is 0.239. The number of rotatable bonds is 5. The minimum Gasteiger partial charge on any atom is -0.303 e. The Morgan fingerprint density at radius 1 is 0.946 bits per heavy atom. The lowest BCUT2D eigenvalue weighted by atomic mass is 9.99. The number of aromatic nitrogens is 4. The zero-order valence-corrected chi connectivity index (χ0v) is 21.3. The highest BCUT2D eigenvalue weighted by atomic mass is 35.5. The molecule has 0 N–H and O–H groups in total. The summed E-state index contributed by atoms with van der Waals surface area (Å²) in [5.74, 6) is 0.197. The molecule has 37 heavy (non-hydrogen) atoms. The van der Waals surface area contributed by atoms with Gasteiger partial charge in [0.05, 0.1) is 23.3 Å². The van der Waals surface area contributed by atoms with Gasteiger partial charge in [0.25, 0.3) is 0 Å². The van der Waals surface area contributed by atoms with E-state index in [9.17, 15) is 17.4 Å². The Hall–Kier alpha value is -3.69. The van der Waals surface area contributed by atoms with Crippen LogP contribution in [-0.4, -0.2) is 29.8 Å². The molecular formula is C27H20ClF3N4OS. The molecule has 0 saturated carbocycles. The van der Waals surface area contributed by atoms with Gasteiger partial charge in [0.15, 0.2) is 5.69 Å². The molecule has 2 aromatic heterocycles. The molecule has 0 radical (unpaired) electrons. The minimum atomic E-state index is -4.57. The third-order valence-electron chi connectivity index (χ3n) is 5.92. The number of imidazole rings is 1. The second-order valence-corrected chi connectivity index (χ2v) is 10.2. The van der Waals surface area contributed by atoms with Crippen LogP contribution in [0.4, 0.5) is 13.2 Å². The van der Waals surface area contributed by atoms with E-state index in [1.54, 1.807) is 47.5 Å². The van der Waals surface area contributed by atoms with E-state index in [1.165, 1.54) is 11.5 Å². The number of aryl methyl sites for hydroxylation is 1. The van der Waals surface area contributed by atoms with Gasteiger partial charge >= 0.3 is 6.18 Å². The minimum absolute atomic E-state index is 0.197. The second kappa shape index (κ2) is 9.64. The molecule has 1 atom stereocenters. The zero-order valence-electron chi connectivity index (χ0n) is 19.7. The van der Waals surface area contributed by atoms with E-state index in [0.29, 0.717) is 26.9 Å². The van der Waals surface area contributed by atoms with Crippen LogP contribution in [0.5, 0.6) is 0 Å². The topological polar surface area (TPSA) is 52.7 Å². The fourth-order valence-corrected chi connectivity index (χ4v) is 4.82. The highest BCUT2D eigenvalue weighted by molar-refractivity contribution is 7.84. The van der Waals surface area contributed by atoms with Crippen LogP contribution in [0.15, 0.2) is 90.1 Å². The molecule has 5 aromatic rings. The van der Waals surface area contributed by atoms with Crippen molar-refractivity contribution in [3.05, 3.63) is 102 Å². The average Bonchev–Trinajstić information content (AvgIpc) is 3.51. The van der Waals surface area contributed by atoms with Crippen LogP contribution in [0.1, 0.15) is 11.5 Å². The monoisotopic (exact) mass is 540 g/mol. The summed E-state index contributed by atoms with van der Waals surface area (Å²) in [7, 11) is -1.17. The van der Waals surface area contributed by atoms with Gasteiger partial charge in [-0.2, -0.15) is 18.3 Å². The molecule has 10 heteroatoms. The molecule has 0 aliphatic rings. The average molecular weight is 541 g/mol. The molecule has 0 fully saturated rings. The highest BCUT2D eigenvalue weighted by Gasteiger charge is 2.34. The number of alkyl halides is 3. The second-order valence-electron chi connectivity index (χ2n) is 8.36. The van der Waals surface area contributed by atoms with E-state index in [4.69, 9.17) is 11.6 Å². The Morgan fingerprint density at radius 2 is 1.68 bits per heavy atom. The Kier molecular flexibility index (Phi) is 6.51. The van der Waals surface area contributed by atoms with Gasteiger partial charge in [-0.1, -0.05) is 29.8 Å². The van der Waals surface area contributed by atoms with E-state index in [1.807, 2.05) is 42.5 Å². The lowest BCUT2D eigenvalue weighted by Crippen LogP contribution is -2.05. The standard InChI is InChI=1S/C27H20ClF3N4OS/c1-17-33-26(27(29,30)31)16-34(17)24-11-6-19(18-4-3-5-22(14-18)37(2)36)15-23(24)25-12-13-32-35(25)21-9-7-20(28)8-10-21/h3-16H,1-2H3. The summed E-state index contributed by atoms with van der Waals surface area (Å²) in [6.07, 6.45) is -0.337. The van der Waals surface area contributed by atoms with Crippen molar-refractivity contribution in [1.29, 1.82) is 0 Å². The van der Waals surface area contributed by atoms with E-state index in [-0.39, 0.29) is 5.82 Å². The van der Waals surface area contributed by atoms with E-state index in [2.05, 4.69) is 10.1 Å². The van der Waals surface area contributed by atoms with Gasteiger partial charge in [0.2, 0.25) is 0 Å². The SMILES string of the molecule is Cc1nc(C(F)(F)F)cn1-c1ccc(-c2cccc(S(C)=O)c2)cc1-c1ccnn1-c1ccc(Cl)cc1. The Labute approximate surface area is 218 Å². The first kappa shape index (κ1) is 25.0. The van der Waals surface area contributed by atoms with Gasteiger partial charge in [-0.25, -0.2) is 9.67 Å². The summed E-state index contributed by atoms with van der Waals surface area (Å²) in [6.45, 7) is 1.53. The molecule has 188 valence electrons. The van der Waals surface area contributed by atoms with Crippen LogP contribution >= 0.6 is 11.6 Å². The van der Waals surface area contributed by atoms with Crippen LogP contribution in [0.3, 0.4) is 0 Å². The van der Waals surface area contributed by atoms with Crippen LogP contribution < -0.4 is 0 Å². The first-order valence-corrected chi connectivity index (χ1v) is 13.1. The van der Waals surface area contributed by atoms with Crippen LogP contribution in [0.25, 0.3) is 33.8 Å². The van der Waals surface area contributed by atoms with Gasteiger partial charge in [0.1, 0.15) is 5.82 Å². The summed E-state index contributed by atoms with van der Waals surface area (Å²) < 4.78 is 55.5. The van der Waals surface area contributed by atoms with Crippen molar-refractivity contribution in [2.45, 2.75) is 18.0 Å². The summed E-state index contributed by atoms with van der Waals surface area (Å²) in [6, 6.07) is 21.7. The summed E-state index contributed by atoms with van der Waals surface area (Å²) >= 11 is 6.06. The highest BCUT2D eigenvalue weighted by Crippen LogP contribution is 2.36. The normalized spacial score (nSPS) is 12.6. The number of hydrogen-bond donors (Lipinski definition) is 0. The van der Waals surface area contributed by atoms with Crippen molar-refractivity contribution in [3.8, 4) is 33.8 Å². The largest absolute Gasteiger partial charge is 0.434 e. The summed E-state index contributed by atoms with van der Waals surface area (Å²) in [5.41, 5.74) is 3.22. The molecular weight excluding hydrogens is 521 g/mol. The Bertz CT molecular complexity index is 1620. The Balaban J connectivity index is 1.74. The van der Waals surface area contributed by atoms with Gasteiger partial charge in [-0.05, 0) is 72.6 Å². The molecule has 3 aromatic carbocycles. The molecule has 0 spiro atoms. The van der Waals surface area contributed by atoms with E-state index >= 15 is 0 Å². The van der Waals surface area contributed by atoms with Crippen LogP contribution in [0.2, 0.25) is 5.02 Å². The first-order valence-electron chi connectivity index (χ1n) is 11.1. The predicted molar refractivity (Wildman–Crippen MR) is 139 cm³/mol. The number of benzene rings is 3. The van der Waals surface area contributed by atoms with Crippen molar-refractivity contribution in [1.82, 2.24) is 19.3 Å². The third-order valence-corrected chi connectivity index (χ3v) is 7.09. The zero-order chi connectivity index (χ0) is 26.3. The van der Waals surface area contributed by atoms with Crippen molar-refractivity contribution in [2.75, 3.05) is 6.26 Å². The maximum atomic E-state index is 13.5. The van der Waals surface area contributed by atoms with Gasteiger partial charge in [-0.15, -0.1) is 0 Å². The lowest BCUT2D eigenvalue weighted by Gasteiger charge is -2.16. The molecule has 1 unspecified atom stereocenters. The maximum Gasteiger partial charge on any atom is 0.434 e. The first-order chi connectivity index (χ1) is 17.6. The van der Waals surface area contributed by atoms with Gasteiger partial charge < -0.3 is 4.57 Å². The van der Waals surface area contributed by atoms with Gasteiger partial charge in [0, 0.05) is 38.7 Å². The van der Waals surface area contributed by atoms with Crippen molar-refractivity contribution < 1.29 is 17.4 Å². The van der Waals surface area contributed by atoms with Crippen molar-refractivity contribution >= 4 is 22.4 Å². The number of halogens is 4. The molecule has 0 amide bonds. The molecule has 2 heterocycles. The fourth-order valence-electron chi connectivity index (χ4n) is 4.13.